The number of rotatable bonds is 4. The molecule has 0 saturated carbocycles. The zero-order chi connectivity index (χ0) is 22.8. The molecule has 2 amide bonds. The first-order valence-corrected chi connectivity index (χ1v) is 10.4. The first-order valence-electron chi connectivity index (χ1n) is 10.4. The van der Waals surface area contributed by atoms with Crippen molar-refractivity contribution < 1.29 is 19.1 Å². The van der Waals surface area contributed by atoms with Gasteiger partial charge in [0.25, 0.3) is 11.8 Å². The number of nitrogens with zero attached hydrogens (tertiary/aromatic N) is 4. The summed E-state index contributed by atoms with van der Waals surface area (Å²) in [4.78, 5) is 46.3. The highest BCUT2D eigenvalue weighted by Gasteiger charge is 2.40. The second-order valence-electron chi connectivity index (χ2n) is 7.84. The average molecular weight is 433 g/mol. The number of ether oxygens (including phenoxy) is 1. The number of Topliss-reactive ketones (excluding diaryl/α,β-unsaturated/α-hetero) is 1. The van der Waals surface area contributed by atoms with Gasteiger partial charge in [-0.15, -0.1) is 0 Å². The van der Waals surface area contributed by atoms with Gasteiger partial charge in [0.1, 0.15) is 11.8 Å². The molecule has 2 aliphatic heterocycles. The molecule has 1 fully saturated rings. The number of benzene rings is 1. The molecule has 1 aromatic heterocycles. The second-order valence-corrected chi connectivity index (χ2v) is 7.84. The summed E-state index contributed by atoms with van der Waals surface area (Å²) in [5.74, 6) is -1.66. The van der Waals surface area contributed by atoms with E-state index in [0.717, 1.165) is 0 Å². The van der Waals surface area contributed by atoms with Crippen molar-refractivity contribution in [3.8, 4) is 11.8 Å². The van der Waals surface area contributed by atoms with Gasteiger partial charge in [-0.3, -0.25) is 14.4 Å². The lowest BCUT2D eigenvalue weighted by molar-refractivity contribution is -0.146. The highest BCUT2D eigenvalue weighted by Crippen LogP contribution is 2.40. The van der Waals surface area contributed by atoms with Crippen molar-refractivity contribution in [1.29, 1.82) is 5.26 Å². The standard InChI is InChI=1S/C23H23N5O4/c1-14-13-27(8-9-28(14)22(30)15-6-4-3-5-7-15)23(31)21(29)16-11-26-20-17(10-24)25-12-18(32-2)19(16)20/h3-7,12,14,16,26H,8-9,11,13H2,1-2H3. The molecule has 2 unspecified atom stereocenters. The van der Waals surface area contributed by atoms with Crippen molar-refractivity contribution in [2.24, 2.45) is 0 Å². The van der Waals surface area contributed by atoms with Crippen LogP contribution in [-0.2, 0) is 9.59 Å². The molecule has 164 valence electrons. The largest absolute Gasteiger partial charge is 0.495 e. The van der Waals surface area contributed by atoms with Crippen molar-refractivity contribution in [2.75, 3.05) is 38.6 Å². The van der Waals surface area contributed by atoms with E-state index in [4.69, 9.17) is 4.74 Å². The molecule has 2 aliphatic rings. The van der Waals surface area contributed by atoms with Crippen LogP contribution in [0.25, 0.3) is 0 Å². The molecule has 2 aromatic rings. The Balaban J connectivity index is 1.49. The van der Waals surface area contributed by atoms with Gasteiger partial charge in [-0.1, -0.05) is 18.2 Å². The van der Waals surface area contributed by atoms with Crippen LogP contribution in [0.1, 0.15) is 34.5 Å². The molecule has 1 N–H and O–H groups in total. The fraction of sp³-hybridized carbons (Fsp3) is 0.348. The zero-order valence-corrected chi connectivity index (χ0v) is 17.9. The van der Waals surface area contributed by atoms with E-state index in [1.165, 1.54) is 18.2 Å². The Bertz CT molecular complexity index is 1110. The molecule has 1 saturated heterocycles. The fourth-order valence-electron chi connectivity index (χ4n) is 4.31. The number of pyridine rings is 1. The Labute approximate surface area is 185 Å². The number of hydrogen-bond acceptors (Lipinski definition) is 7. The van der Waals surface area contributed by atoms with Crippen LogP contribution in [0.5, 0.6) is 5.75 Å². The van der Waals surface area contributed by atoms with E-state index >= 15 is 0 Å². The summed E-state index contributed by atoms with van der Waals surface area (Å²) in [5.41, 5.74) is 1.68. The number of hydrogen-bond donors (Lipinski definition) is 1. The van der Waals surface area contributed by atoms with E-state index in [0.29, 0.717) is 29.1 Å². The third-order valence-electron chi connectivity index (χ3n) is 5.96. The van der Waals surface area contributed by atoms with E-state index in [9.17, 15) is 19.6 Å². The minimum Gasteiger partial charge on any atom is -0.495 e. The number of fused-ring (bicyclic) bond motifs is 1. The fourth-order valence-corrected chi connectivity index (χ4v) is 4.31. The molecular weight excluding hydrogens is 410 g/mol. The number of nitriles is 1. The second kappa shape index (κ2) is 8.67. The number of nitrogens with one attached hydrogen (secondary N) is 1. The summed E-state index contributed by atoms with van der Waals surface area (Å²) < 4.78 is 5.33. The Hall–Kier alpha value is -3.93. The average Bonchev–Trinajstić information content (AvgIpc) is 3.28. The molecule has 3 heterocycles. The molecule has 0 radical (unpaired) electrons. The quantitative estimate of drug-likeness (QED) is 0.725. The molecule has 0 bridgehead atoms. The normalized spacial score (nSPS) is 19.5. The van der Waals surface area contributed by atoms with E-state index in [1.807, 2.05) is 31.2 Å². The number of aromatic nitrogens is 1. The number of anilines is 1. The molecule has 32 heavy (non-hydrogen) atoms. The first-order chi connectivity index (χ1) is 15.5. The molecule has 9 nitrogen and oxygen atoms in total. The van der Waals surface area contributed by atoms with Gasteiger partial charge >= 0.3 is 0 Å². The van der Waals surface area contributed by atoms with Gasteiger partial charge in [0, 0.05) is 43.3 Å². The smallest absolute Gasteiger partial charge is 0.290 e. The number of piperazine rings is 1. The van der Waals surface area contributed by atoms with Crippen LogP contribution in [-0.4, -0.2) is 71.7 Å². The van der Waals surface area contributed by atoms with Crippen LogP contribution in [0.3, 0.4) is 0 Å². The highest BCUT2D eigenvalue weighted by atomic mass is 16.5. The lowest BCUT2D eigenvalue weighted by Crippen LogP contribution is -2.57. The molecular formula is C23H23N5O4. The Morgan fingerprint density at radius 2 is 1.97 bits per heavy atom. The van der Waals surface area contributed by atoms with Crippen molar-refractivity contribution in [2.45, 2.75) is 18.9 Å². The monoisotopic (exact) mass is 433 g/mol. The van der Waals surface area contributed by atoms with Crippen molar-refractivity contribution in [3.05, 3.63) is 53.3 Å². The Morgan fingerprint density at radius 3 is 2.62 bits per heavy atom. The van der Waals surface area contributed by atoms with Crippen LogP contribution in [0.2, 0.25) is 0 Å². The van der Waals surface area contributed by atoms with E-state index < -0.39 is 17.6 Å². The predicted molar refractivity (Wildman–Crippen MR) is 115 cm³/mol. The maximum atomic E-state index is 13.1. The van der Waals surface area contributed by atoms with Gasteiger partial charge in [-0.2, -0.15) is 5.26 Å². The molecule has 1 aromatic carbocycles. The third kappa shape index (κ3) is 3.64. The van der Waals surface area contributed by atoms with Crippen LogP contribution in [0.4, 0.5) is 5.69 Å². The molecule has 4 rings (SSSR count). The van der Waals surface area contributed by atoms with Crippen LogP contribution in [0.15, 0.2) is 36.5 Å². The van der Waals surface area contributed by atoms with E-state index in [1.54, 1.807) is 17.0 Å². The van der Waals surface area contributed by atoms with Crippen LogP contribution >= 0.6 is 0 Å². The summed E-state index contributed by atoms with van der Waals surface area (Å²) in [7, 11) is 1.45. The maximum Gasteiger partial charge on any atom is 0.290 e. The number of carbonyl (C=O) groups is 3. The van der Waals surface area contributed by atoms with E-state index in [-0.39, 0.29) is 37.3 Å². The minimum atomic E-state index is -0.762. The molecule has 2 atom stereocenters. The first kappa shape index (κ1) is 21.3. The van der Waals surface area contributed by atoms with Gasteiger partial charge in [-0.05, 0) is 19.1 Å². The zero-order valence-electron chi connectivity index (χ0n) is 17.9. The summed E-state index contributed by atoms with van der Waals surface area (Å²) in [6.07, 6.45) is 1.39. The number of carbonyl (C=O) groups excluding carboxylic acids is 3. The van der Waals surface area contributed by atoms with Gasteiger partial charge in [0.15, 0.2) is 5.69 Å². The molecule has 9 heteroatoms. The van der Waals surface area contributed by atoms with Crippen LogP contribution in [0, 0.1) is 11.3 Å². The summed E-state index contributed by atoms with van der Waals surface area (Å²) in [6.45, 7) is 2.95. The van der Waals surface area contributed by atoms with Crippen molar-refractivity contribution in [1.82, 2.24) is 14.8 Å². The molecule has 0 spiro atoms. The molecule has 0 aliphatic carbocycles. The number of ketones is 1. The van der Waals surface area contributed by atoms with Gasteiger partial charge in [-0.25, -0.2) is 4.98 Å². The minimum absolute atomic E-state index is 0.0910. The SMILES string of the molecule is COc1cnc(C#N)c2c1C(C(=O)C(=O)N1CCN(C(=O)c3ccccc3)C(C)C1)CN2. The maximum absolute atomic E-state index is 13.1. The van der Waals surface area contributed by atoms with Crippen LogP contribution < -0.4 is 10.1 Å². The summed E-state index contributed by atoms with van der Waals surface area (Å²) in [5, 5.41) is 12.3. The van der Waals surface area contributed by atoms with E-state index in [2.05, 4.69) is 10.3 Å². The van der Waals surface area contributed by atoms with Crippen molar-refractivity contribution in [3.63, 3.8) is 0 Å². The van der Waals surface area contributed by atoms with Gasteiger partial charge < -0.3 is 19.9 Å². The lowest BCUT2D eigenvalue weighted by Gasteiger charge is -2.39. The summed E-state index contributed by atoms with van der Waals surface area (Å²) in [6, 6.07) is 10.8. The topological polar surface area (TPSA) is 116 Å². The highest BCUT2D eigenvalue weighted by molar-refractivity contribution is 6.38. The Kier molecular flexibility index (Phi) is 5.77. The summed E-state index contributed by atoms with van der Waals surface area (Å²) >= 11 is 0. The third-order valence-corrected chi connectivity index (χ3v) is 5.96. The van der Waals surface area contributed by atoms with Crippen molar-refractivity contribution >= 4 is 23.3 Å². The lowest BCUT2D eigenvalue weighted by atomic mass is 9.94. The number of amides is 2. The Morgan fingerprint density at radius 1 is 1.22 bits per heavy atom. The number of methoxy groups -OCH3 is 1. The van der Waals surface area contributed by atoms with Gasteiger partial charge in [0.05, 0.1) is 24.9 Å². The van der Waals surface area contributed by atoms with Gasteiger partial charge in [0.2, 0.25) is 5.78 Å². The predicted octanol–water partition coefficient (Wildman–Crippen LogP) is 1.41.